The lowest BCUT2D eigenvalue weighted by Crippen LogP contribution is -2.02. The van der Waals surface area contributed by atoms with E-state index in [2.05, 4.69) is 461 Å². The first kappa shape index (κ1) is 66.8. The van der Waals surface area contributed by atoms with Crippen molar-refractivity contribution in [2.45, 2.75) is 0 Å². The van der Waals surface area contributed by atoms with Gasteiger partial charge in [-0.15, -0.1) is 0 Å². The van der Waals surface area contributed by atoms with Crippen LogP contribution in [0.3, 0.4) is 0 Å². The van der Waals surface area contributed by atoms with Gasteiger partial charge in [0.1, 0.15) is 0 Å². The Balaban J connectivity index is 0.984. The van der Waals surface area contributed by atoms with Gasteiger partial charge in [-0.2, -0.15) is 0 Å². The number of hydrogen-bond donors (Lipinski definition) is 0. The third kappa shape index (κ3) is 14.5. The van der Waals surface area contributed by atoms with E-state index >= 15 is 0 Å². The van der Waals surface area contributed by atoms with Crippen molar-refractivity contribution < 1.29 is 0 Å². The molecule has 0 atom stereocenters. The van der Waals surface area contributed by atoms with Gasteiger partial charge in [0, 0.05) is 0 Å². The fourth-order valence-electron chi connectivity index (χ4n) is 15.0. The van der Waals surface area contributed by atoms with E-state index in [1.54, 1.807) is 0 Å². The summed E-state index contributed by atoms with van der Waals surface area (Å²) < 4.78 is 0. The van der Waals surface area contributed by atoms with E-state index in [0.717, 1.165) is 145 Å². The zero-order valence-corrected chi connectivity index (χ0v) is 58.9. The Morgan fingerprint density at radius 3 is 0.189 bits per heavy atom. The van der Waals surface area contributed by atoms with Crippen LogP contribution in [-0.4, -0.2) is 0 Å². The largest absolute Gasteiger partial charge is 0.0622 e. The summed E-state index contributed by atoms with van der Waals surface area (Å²) in [6.45, 7) is 0. The Bertz CT molecular complexity index is 4840. The normalized spacial score (nSPS) is 10.8. The molecule has 0 amide bonds. The molecule has 0 saturated carbocycles. The van der Waals surface area contributed by atoms with Gasteiger partial charge in [0.2, 0.25) is 0 Å². The molecule has 0 radical (unpaired) electrons. The molecule has 0 fully saturated rings. The highest BCUT2D eigenvalue weighted by molar-refractivity contribution is 6.11. The van der Waals surface area contributed by atoms with Crippen LogP contribution >= 0.6 is 0 Å². The summed E-state index contributed by atoms with van der Waals surface area (Å²) in [5.74, 6) is 0. The van der Waals surface area contributed by atoms with Crippen LogP contribution in [0.1, 0.15) is 111 Å². The second-order valence-electron chi connectivity index (χ2n) is 26.5. The highest BCUT2D eigenvalue weighted by Crippen LogP contribution is 2.46. The van der Waals surface area contributed by atoms with E-state index in [0.29, 0.717) is 0 Å². The van der Waals surface area contributed by atoms with Gasteiger partial charge in [0.05, 0.1) is 0 Å². The summed E-state index contributed by atoms with van der Waals surface area (Å²) in [5.41, 5.74) is 33.9. The van der Waals surface area contributed by atoms with E-state index in [9.17, 15) is 0 Å². The van der Waals surface area contributed by atoms with Gasteiger partial charge in [0.25, 0.3) is 0 Å². The van der Waals surface area contributed by atoms with E-state index in [4.69, 9.17) is 0 Å². The summed E-state index contributed by atoms with van der Waals surface area (Å²) in [6.07, 6.45) is 0. The monoisotopic (exact) mass is 1350 g/mol. The average molecular weight is 1350 g/mol. The van der Waals surface area contributed by atoms with Crippen molar-refractivity contribution in [1.29, 1.82) is 0 Å². The Labute approximate surface area is 623 Å². The quantitative estimate of drug-likeness (QED) is 0.0667. The van der Waals surface area contributed by atoms with Gasteiger partial charge in [0.15, 0.2) is 0 Å². The molecule has 0 heterocycles. The summed E-state index contributed by atoms with van der Waals surface area (Å²) >= 11 is 0. The maximum atomic E-state index is 2.36. The molecule has 0 aliphatic heterocycles. The van der Waals surface area contributed by atoms with Gasteiger partial charge in [-0.25, -0.2) is 0 Å². The lowest BCUT2D eigenvalue weighted by Gasteiger charge is -2.22. The van der Waals surface area contributed by atoms with Crippen molar-refractivity contribution in [3.63, 3.8) is 0 Å². The zero-order chi connectivity index (χ0) is 71.1. The molecule has 16 aromatic carbocycles. The van der Waals surface area contributed by atoms with Gasteiger partial charge >= 0.3 is 0 Å². The molecular weight excluding hydrogens is 1270 g/mol. The molecule has 0 spiro atoms. The second-order valence-corrected chi connectivity index (χ2v) is 26.5. The molecule has 0 aliphatic rings. The molecular formula is C106H76. The molecule has 16 aromatic rings. The molecule has 16 rings (SSSR count). The predicted octanol–water partition coefficient (Wildman–Crippen LogP) is 26.7. The van der Waals surface area contributed by atoms with E-state index in [1.807, 2.05) is 0 Å². The molecule has 0 N–H and O–H groups in total. The number of rotatable bonds is 20. The Morgan fingerprint density at radius 1 is 0.0660 bits per heavy atom. The summed E-state index contributed by atoms with van der Waals surface area (Å²) in [7, 11) is 0. The van der Waals surface area contributed by atoms with Gasteiger partial charge in [-0.05, 0) is 167 Å². The molecule has 0 aliphatic carbocycles. The average Bonchev–Trinajstić information content (AvgIpc) is 0.754. The topological polar surface area (TPSA) is 0 Å². The van der Waals surface area contributed by atoms with Crippen molar-refractivity contribution in [2.75, 3.05) is 0 Å². The molecule has 0 saturated heterocycles. The molecule has 0 bridgehead atoms. The lowest BCUT2D eigenvalue weighted by atomic mass is 9.81. The molecule has 106 heavy (non-hydrogen) atoms. The van der Waals surface area contributed by atoms with Crippen LogP contribution in [0.4, 0.5) is 0 Å². The fraction of sp³-hybridized carbons (Fsp3) is 0. The highest BCUT2D eigenvalue weighted by atomic mass is 14.3. The maximum absolute atomic E-state index is 2.36. The Morgan fingerprint density at radius 2 is 0.123 bits per heavy atom. The fourth-order valence-corrected chi connectivity index (χ4v) is 15.0. The second kappa shape index (κ2) is 32.0. The minimum Gasteiger partial charge on any atom is -0.0622 e. The predicted molar refractivity (Wildman–Crippen MR) is 448 cm³/mol. The van der Waals surface area contributed by atoms with Crippen LogP contribution in [0.5, 0.6) is 0 Å². The van der Waals surface area contributed by atoms with Crippen molar-refractivity contribution >= 4 is 55.7 Å². The number of benzene rings is 16. The molecule has 0 aromatic heterocycles. The van der Waals surface area contributed by atoms with Gasteiger partial charge in [-0.3, -0.25) is 0 Å². The standard InChI is InChI=1S/C106H76/c1-13-37-77(38-14-1)97(78-39-15-2-16-40-78)101(85-53-29-9-30-54-85)89-61-69-93(70-62-89)105(94-71-63-90(64-72-94)102(86-55-31-10-32-56-86)98(79-41-17-3-18-42-79)80-43-19-4-20-44-80)106(95-73-65-91(66-74-95)103(87-57-33-11-34-58-87)99(81-45-21-5-22-46-81)82-47-23-6-24-48-82)96-75-67-92(68-76-96)104(88-59-35-12-36-60-88)100(83-49-25-7-26-50-83)84-51-27-8-28-52-84/h1-76H. The van der Waals surface area contributed by atoms with Crippen molar-refractivity contribution in [1.82, 2.24) is 0 Å². The van der Waals surface area contributed by atoms with Crippen LogP contribution in [0.25, 0.3) is 55.7 Å². The van der Waals surface area contributed by atoms with Crippen LogP contribution in [0.2, 0.25) is 0 Å². The Kier molecular flexibility index (Phi) is 20.2. The van der Waals surface area contributed by atoms with Crippen molar-refractivity contribution in [3.8, 4) is 0 Å². The van der Waals surface area contributed by atoms with Gasteiger partial charge < -0.3 is 0 Å². The summed E-state index contributed by atoms with van der Waals surface area (Å²) in [5, 5.41) is 0. The third-order valence-corrected chi connectivity index (χ3v) is 19.8. The minimum atomic E-state index is 1.07. The smallest absolute Gasteiger partial charge is 0.00268 e. The minimum absolute atomic E-state index is 1.07. The molecule has 0 heteroatoms. The maximum Gasteiger partial charge on any atom is -0.00268 e. The van der Waals surface area contributed by atoms with Gasteiger partial charge in [-0.1, -0.05) is 461 Å². The van der Waals surface area contributed by atoms with E-state index in [-0.39, 0.29) is 0 Å². The summed E-state index contributed by atoms with van der Waals surface area (Å²) in [6, 6.07) is 168. The van der Waals surface area contributed by atoms with E-state index < -0.39 is 0 Å². The molecule has 0 unspecified atom stereocenters. The summed E-state index contributed by atoms with van der Waals surface area (Å²) in [4.78, 5) is 0. The number of hydrogen-bond acceptors (Lipinski definition) is 0. The zero-order valence-electron chi connectivity index (χ0n) is 58.9. The van der Waals surface area contributed by atoms with Crippen molar-refractivity contribution in [3.05, 3.63) is 572 Å². The first-order chi connectivity index (χ1) is 52.7. The SMILES string of the molecule is c1ccc(C(=C(c2ccccc2)c2ccc(C(=C(c3ccc(C(=C(c4ccccc4)c4ccccc4)c4ccccc4)cc3)c3ccc(C(=C(c4ccccc4)c4ccccc4)c4ccccc4)cc3)c3ccc(C(=C(c4ccccc4)c4ccccc4)c4ccccc4)cc3)cc2)c2ccccc2)cc1. The first-order valence-corrected chi connectivity index (χ1v) is 36.5. The van der Waals surface area contributed by atoms with E-state index in [1.165, 1.54) is 22.3 Å². The van der Waals surface area contributed by atoms with Crippen LogP contribution in [0, 0.1) is 0 Å². The molecule has 0 nitrogen and oxygen atoms in total. The highest BCUT2D eigenvalue weighted by Gasteiger charge is 2.25. The molecule has 500 valence electrons. The van der Waals surface area contributed by atoms with Crippen LogP contribution < -0.4 is 0 Å². The van der Waals surface area contributed by atoms with Crippen molar-refractivity contribution in [2.24, 2.45) is 0 Å². The lowest BCUT2D eigenvalue weighted by molar-refractivity contribution is 1.45. The van der Waals surface area contributed by atoms with Crippen LogP contribution in [0.15, 0.2) is 461 Å². The Hall–Kier alpha value is -13.8. The third-order valence-electron chi connectivity index (χ3n) is 19.8. The first-order valence-electron chi connectivity index (χ1n) is 36.5. The van der Waals surface area contributed by atoms with Crippen LogP contribution in [-0.2, 0) is 0 Å².